The molecule has 12 heteroatoms. The van der Waals surface area contributed by atoms with Crippen molar-refractivity contribution >= 4 is 19.3 Å². The lowest BCUT2D eigenvalue weighted by atomic mass is 9.86. The van der Waals surface area contributed by atoms with Crippen LogP contribution in [-0.4, -0.2) is 51.2 Å². The van der Waals surface area contributed by atoms with Crippen molar-refractivity contribution < 1.29 is 37.5 Å². The molecule has 1 unspecified atom stereocenters. The first-order chi connectivity index (χ1) is 16.9. The number of esters is 1. The van der Waals surface area contributed by atoms with Gasteiger partial charge in [0, 0.05) is 49.6 Å². The van der Waals surface area contributed by atoms with Crippen LogP contribution in [0.1, 0.15) is 45.6 Å². The standard InChI is InChI=1S/C24H33N2O9P/c1-15-20(23(27)33-11-10-19(31-5)32-6)21(17-8-7-9-18(12-17)26(28)29)22(16(2)25-15)36(30)34-13-24(3,4)14-35-36/h7-9,12,19,21,25H,10-11,13-14H2,1-6H3. The van der Waals surface area contributed by atoms with Gasteiger partial charge in [-0.15, -0.1) is 0 Å². The monoisotopic (exact) mass is 524 g/mol. The Balaban J connectivity index is 2.06. The maximum absolute atomic E-state index is 14.1. The van der Waals surface area contributed by atoms with Crippen molar-refractivity contribution in [3.63, 3.8) is 0 Å². The van der Waals surface area contributed by atoms with E-state index in [1.54, 1.807) is 19.9 Å². The molecule has 1 atom stereocenters. The zero-order valence-electron chi connectivity index (χ0n) is 21.4. The minimum absolute atomic E-state index is 0.000493. The van der Waals surface area contributed by atoms with Crippen LogP contribution in [0.3, 0.4) is 0 Å². The fraction of sp³-hybridized carbons (Fsp3) is 0.542. The Morgan fingerprint density at radius 1 is 1.22 bits per heavy atom. The summed E-state index contributed by atoms with van der Waals surface area (Å²) in [5.41, 5.74) is 0.999. The van der Waals surface area contributed by atoms with E-state index < -0.39 is 30.7 Å². The smallest absolute Gasteiger partial charge is 0.360 e. The van der Waals surface area contributed by atoms with Crippen LogP contribution in [0, 0.1) is 15.5 Å². The molecule has 2 aliphatic heterocycles. The minimum atomic E-state index is -3.87. The molecule has 0 amide bonds. The molecule has 198 valence electrons. The molecule has 1 fully saturated rings. The third kappa shape index (κ3) is 6.04. The second kappa shape index (κ2) is 11.2. The summed E-state index contributed by atoms with van der Waals surface area (Å²) in [5, 5.41) is 14.8. The quantitative estimate of drug-likeness (QED) is 0.160. The molecule has 0 saturated carbocycles. The van der Waals surface area contributed by atoms with Crippen LogP contribution in [0.4, 0.5) is 5.69 Å². The number of nitrogens with one attached hydrogen (secondary N) is 1. The molecule has 0 aromatic heterocycles. The normalized spacial score (nSPS) is 21.4. The molecule has 1 aromatic carbocycles. The number of nitro benzene ring substituents is 1. The molecule has 1 N–H and O–H groups in total. The molecular formula is C24H33N2O9P. The lowest BCUT2D eigenvalue weighted by Crippen LogP contribution is -2.34. The topological polar surface area (TPSA) is 135 Å². The van der Waals surface area contributed by atoms with Crippen molar-refractivity contribution in [1.82, 2.24) is 5.32 Å². The molecule has 3 rings (SSSR count). The summed E-state index contributed by atoms with van der Waals surface area (Å²) >= 11 is 0. The van der Waals surface area contributed by atoms with E-state index in [4.69, 9.17) is 23.3 Å². The van der Waals surface area contributed by atoms with E-state index >= 15 is 0 Å². The van der Waals surface area contributed by atoms with Gasteiger partial charge in [0.15, 0.2) is 6.29 Å². The molecule has 0 radical (unpaired) electrons. The Hall–Kier alpha value is -2.56. The third-order valence-corrected chi connectivity index (χ3v) is 8.14. The number of hydrogen-bond acceptors (Lipinski definition) is 10. The lowest BCUT2D eigenvalue weighted by molar-refractivity contribution is -0.384. The van der Waals surface area contributed by atoms with E-state index in [1.807, 2.05) is 13.8 Å². The van der Waals surface area contributed by atoms with Gasteiger partial charge in [-0.1, -0.05) is 26.0 Å². The summed E-state index contributed by atoms with van der Waals surface area (Å²) in [4.78, 5) is 24.4. The molecule has 1 saturated heterocycles. The van der Waals surface area contributed by atoms with E-state index in [9.17, 15) is 19.5 Å². The van der Waals surface area contributed by atoms with Gasteiger partial charge in [-0.05, 0) is 19.4 Å². The summed E-state index contributed by atoms with van der Waals surface area (Å²) < 4.78 is 41.5. The van der Waals surface area contributed by atoms with Crippen LogP contribution in [0.25, 0.3) is 0 Å². The molecule has 0 bridgehead atoms. The van der Waals surface area contributed by atoms with Crippen LogP contribution in [-0.2, 0) is 32.6 Å². The van der Waals surface area contributed by atoms with Crippen LogP contribution < -0.4 is 5.32 Å². The van der Waals surface area contributed by atoms with Crippen molar-refractivity contribution in [3.05, 3.63) is 62.2 Å². The molecule has 11 nitrogen and oxygen atoms in total. The average Bonchev–Trinajstić information content (AvgIpc) is 2.83. The zero-order chi connectivity index (χ0) is 26.7. The van der Waals surface area contributed by atoms with Crippen LogP contribution in [0.5, 0.6) is 0 Å². The van der Waals surface area contributed by atoms with Gasteiger partial charge in [0.25, 0.3) is 5.69 Å². The van der Waals surface area contributed by atoms with Gasteiger partial charge in [0.1, 0.15) is 0 Å². The summed E-state index contributed by atoms with van der Waals surface area (Å²) in [5.74, 6) is -1.62. The summed E-state index contributed by atoms with van der Waals surface area (Å²) in [6.07, 6.45) is -0.257. The molecule has 2 heterocycles. The Morgan fingerprint density at radius 2 is 1.86 bits per heavy atom. The van der Waals surface area contributed by atoms with Crippen molar-refractivity contribution in [1.29, 1.82) is 0 Å². The van der Waals surface area contributed by atoms with Gasteiger partial charge < -0.3 is 28.6 Å². The van der Waals surface area contributed by atoms with Gasteiger partial charge in [-0.3, -0.25) is 14.7 Å². The highest BCUT2D eigenvalue weighted by Crippen LogP contribution is 2.66. The first kappa shape index (κ1) is 28.0. The number of carbonyl (C=O) groups is 1. The second-order valence-corrected chi connectivity index (χ2v) is 11.5. The van der Waals surface area contributed by atoms with Gasteiger partial charge in [-0.25, -0.2) is 4.79 Å². The predicted molar refractivity (Wildman–Crippen MR) is 131 cm³/mol. The number of nitro groups is 1. The van der Waals surface area contributed by atoms with E-state index in [1.165, 1.54) is 32.4 Å². The Morgan fingerprint density at radius 3 is 2.44 bits per heavy atom. The van der Waals surface area contributed by atoms with E-state index in [2.05, 4.69) is 5.32 Å². The first-order valence-corrected chi connectivity index (χ1v) is 13.0. The van der Waals surface area contributed by atoms with E-state index in [-0.39, 0.29) is 41.8 Å². The summed E-state index contributed by atoms with van der Waals surface area (Å²) in [6, 6.07) is 5.87. The molecule has 36 heavy (non-hydrogen) atoms. The minimum Gasteiger partial charge on any atom is -0.462 e. The summed E-state index contributed by atoms with van der Waals surface area (Å²) in [7, 11) is -0.913. The van der Waals surface area contributed by atoms with E-state index in [0.717, 1.165) is 0 Å². The predicted octanol–water partition coefficient (Wildman–Crippen LogP) is 4.61. The highest BCUT2D eigenvalue weighted by Gasteiger charge is 2.48. The number of dihydropyridines is 1. The Bertz CT molecular complexity index is 1110. The number of rotatable bonds is 9. The molecule has 0 aliphatic carbocycles. The van der Waals surface area contributed by atoms with Gasteiger partial charge in [-0.2, -0.15) is 0 Å². The van der Waals surface area contributed by atoms with Crippen LogP contribution >= 0.6 is 7.60 Å². The number of hydrogen-bond donors (Lipinski definition) is 1. The average molecular weight is 525 g/mol. The van der Waals surface area contributed by atoms with Gasteiger partial charge >= 0.3 is 13.6 Å². The fourth-order valence-electron chi connectivity index (χ4n) is 4.15. The van der Waals surface area contributed by atoms with Gasteiger partial charge in [0.2, 0.25) is 0 Å². The number of allylic oxidation sites excluding steroid dienone is 3. The maximum atomic E-state index is 14.1. The highest BCUT2D eigenvalue weighted by molar-refractivity contribution is 7.58. The maximum Gasteiger partial charge on any atom is 0.360 e. The van der Waals surface area contributed by atoms with Crippen molar-refractivity contribution in [2.24, 2.45) is 5.41 Å². The molecular weight excluding hydrogens is 491 g/mol. The first-order valence-electron chi connectivity index (χ1n) is 11.5. The fourth-order valence-corrected chi connectivity index (χ4v) is 6.61. The Kier molecular flexibility index (Phi) is 8.74. The molecule has 0 spiro atoms. The van der Waals surface area contributed by atoms with E-state index in [0.29, 0.717) is 23.4 Å². The van der Waals surface area contributed by atoms with Gasteiger partial charge in [0.05, 0.1) is 41.5 Å². The van der Waals surface area contributed by atoms with Crippen LogP contribution in [0.2, 0.25) is 0 Å². The Labute approximate surface area is 210 Å². The number of methoxy groups -OCH3 is 2. The lowest BCUT2D eigenvalue weighted by Gasteiger charge is -2.39. The number of benzene rings is 1. The molecule has 2 aliphatic rings. The zero-order valence-corrected chi connectivity index (χ0v) is 22.3. The van der Waals surface area contributed by atoms with Crippen LogP contribution in [0.15, 0.2) is 46.5 Å². The van der Waals surface area contributed by atoms with Crippen molar-refractivity contribution in [2.75, 3.05) is 34.0 Å². The number of carbonyl (C=O) groups excluding carboxylic acids is 1. The highest BCUT2D eigenvalue weighted by atomic mass is 31.2. The molecule has 1 aromatic rings. The number of non-ortho nitro benzene ring substituents is 1. The summed E-state index contributed by atoms with van der Waals surface area (Å²) in [6.45, 7) is 7.61. The SMILES string of the molecule is COC(CCOC(=O)C1=C(C)NC(C)=C(P2(=O)OCC(C)(C)CO2)C1c1cccc([N+](=O)[O-])c1)OC. The number of ether oxygens (including phenoxy) is 3. The third-order valence-electron chi connectivity index (χ3n) is 6.02. The second-order valence-electron chi connectivity index (χ2n) is 9.49. The number of nitrogens with zero attached hydrogens (tertiary/aromatic N) is 1. The largest absolute Gasteiger partial charge is 0.462 e. The van der Waals surface area contributed by atoms with Crippen molar-refractivity contribution in [3.8, 4) is 0 Å². The van der Waals surface area contributed by atoms with Crippen molar-refractivity contribution in [2.45, 2.75) is 46.3 Å².